The minimum atomic E-state index is -0.0847. The van der Waals surface area contributed by atoms with E-state index in [1.807, 2.05) is 48.5 Å². The smallest absolute Gasteiger partial charge is 0.251 e. The minimum Gasteiger partial charge on any atom is -0.486 e. The number of benzene rings is 2. The van der Waals surface area contributed by atoms with E-state index in [-0.39, 0.29) is 17.9 Å². The van der Waals surface area contributed by atoms with Crippen molar-refractivity contribution in [3.63, 3.8) is 0 Å². The summed E-state index contributed by atoms with van der Waals surface area (Å²) in [7, 11) is 0. The zero-order valence-corrected chi connectivity index (χ0v) is 13.4. The predicted octanol–water partition coefficient (Wildman–Crippen LogP) is 3.58. The molecule has 0 bridgehead atoms. The average Bonchev–Trinajstić information content (AvgIpc) is 2.59. The first-order valence-corrected chi connectivity index (χ1v) is 7.90. The lowest BCUT2D eigenvalue weighted by atomic mass is 9.95. The maximum absolute atomic E-state index is 12.5. The largest absolute Gasteiger partial charge is 0.486 e. The molecule has 0 saturated heterocycles. The number of hydrogen-bond donors (Lipinski definition) is 1. The lowest BCUT2D eigenvalue weighted by Crippen LogP contribution is -2.31. The fourth-order valence-corrected chi connectivity index (χ4v) is 2.70. The van der Waals surface area contributed by atoms with Gasteiger partial charge in [-0.2, -0.15) is 0 Å². The summed E-state index contributed by atoms with van der Waals surface area (Å²) in [5.41, 5.74) is 1.68. The van der Waals surface area contributed by atoms with Crippen molar-refractivity contribution in [3.8, 4) is 11.5 Å². The number of nitrogens with one attached hydrogen (secondary N) is 1. The van der Waals surface area contributed by atoms with Crippen LogP contribution in [-0.2, 0) is 0 Å². The fraction of sp³-hybridized carbons (Fsp3) is 0.316. The monoisotopic (exact) mass is 311 g/mol. The van der Waals surface area contributed by atoms with Crippen molar-refractivity contribution in [1.29, 1.82) is 0 Å². The molecule has 0 saturated carbocycles. The van der Waals surface area contributed by atoms with Crippen LogP contribution < -0.4 is 14.8 Å². The Morgan fingerprint density at radius 1 is 1.00 bits per heavy atom. The number of carbonyl (C=O) groups excluding carboxylic acids is 1. The van der Waals surface area contributed by atoms with Crippen molar-refractivity contribution in [2.45, 2.75) is 19.9 Å². The lowest BCUT2D eigenvalue weighted by Gasteiger charge is -2.25. The highest BCUT2D eigenvalue weighted by molar-refractivity contribution is 5.94. The molecule has 0 fully saturated rings. The van der Waals surface area contributed by atoms with Gasteiger partial charge in [0.25, 0.3) is 5.91 Å². The van der Waals surface area contributed by atoms with Crippen LogP contribution in [-0.4, -0.2) is 19.1 Å². The van der Waals surface area contributed by atoms with Gasteiger partial charge in [-0.25, -0.2) is 0 Å². The second-order valence-corrected chi connectivity index (χ2v) is 5.96. The molecule has 120 valence electrons. The van der Waals surface area contributed by atoms with Gasteiger partial charge < -0.3 is 14.8 Å². The quantitative estimate of drug-likeness (QED) is 0.939. The van der Waals surface area contributed by atoms with E-state index in [1.54, 1.807) is 0 Å². The van der Waals surface area contributed by atoms with Crippen LogP contribution in [0.3, 0.4) is 0 Å². The van der Waals surface area contributed by atoms with Crippen molar-refractivity contribution in [2.24, 2.45) is 5.92 Å². The second-order valence-electron chi connectivity index (χ2n) is 5.96. The molecule has 0 radical (unpaired) electrons. The van der Waals surface area contributed by atoms with Crippen LogP contribution in [0.25, 0.3) is 0 Å². The Balaban J connectivity index is 1.83. The van der Waals surface area contributed by atoms with Gasteiger partial charge >= 0.3 is 0 Å². The molecule has 1 heterocycles. The molecule has 1 aliphatic rings. The molecular formula is C19H21NO3. The number of ether oxygens (including phenoxy) is 2. The predicted molar refractivity (Wildman–Crippen MR) is 88.9 cm³/mol. The maximum atomic E-state index is 12.5. The molecule has 0 unspecified atom stereocenters. The summed E-state index contributed by atoms with van der Waals surface area (Å²) in [4.78, 5) is 12.5. The molecule has 3 rings (SSSR count). The molecule has 2 aromatic carbocycles. The van der Waals surface area contributed by atoms with Gasteiger partial charge in [-0.3, -0.25) is 4.79 Å². The van der Waals surface area contributed by atoms with E-state index in [4.69, 9.17) is 9.47 Å². The standard InChI is InChI=1S/C19H21NO3/c1-13(2)18(20-19(21)14-6-4-3-5-7-14)15-8-9-16-17(12-15)23-11-10-22-16/h3-9,12-13,18H,10-11H2,1-2H3,(H,20,21)/t18-/m0/s1. The summed E-state index contributed by atoms with van der Waals surface area (Å²) in [6.45, 7) is 5.31. The van der Waals surface area contributed by atoms with Crippen molar-refractivity contribution in [2.75, 3.05) is 13.2 Å². The summed E-state index contributed by atoms with van der Waals surface area (Å²) >= 11 is 0. The molecule has 0 spiro atoms. The lowest BCUT2D eigenvalue weighted by molar-refractivity contribution is 0.0925. The van der Waals surface area contributed by atoms with E-state index >= 15 is 0 Å². The number of hydrogen-bond acceptors (Lipinski definition) is 3. The molecule has 23 heavy (non-hydrogen) atoms. The summed E-state index contributed by atoms with van der Waals surface area (Å²) in [5.74, 6) is 1.69. The Bertz CT molecular complexity index is 682. The molecule has 1 N–H and O–H groups in total. The number of amides is 1. The van der Waals surface area contributed by atoms with Crippen molar-refractivity contribution < 1.29 is 14.3 Å². The molecule has 4 nitrogen and oxygen atoms in total. The molecule has 1 atom stereocenters. The first-order chi connectivity index (χ1) is 11.1. The van der Waals surface area contributed by atoms with Gasteiger partial charge in [-0.1, -0.05) is 38.1 Å². The Kier molecular flexibility index (Phi) is 4.51. The van der Waals surface area contributed by atoms with E-state index in [1.165, 1.54) is 0 Å². The van der Waals surface area contributed by atoms with Gasteiger partial charge in [0.1, 0.15) is 13.2 Å². The Morgan fingerprint density at radius 2 is 1.70 bits per heavy atom. The van der Waals surface area contributed by atoms with Crippen molar-refractivity contribution >= 4 is 5.91 Å². The zero-order valence-electron chi connectivity index (χ0n) is 13.4. The summed E-state index contributed by atoms with van der Waals surface area (Å²) < 4.78 is 11.2. The van der Waals surface area contributed by atoms with Crippen LogP contribution in [0.15, 0.2) is 48.5 Å². The molecule has 2 aromatic rings. The minimum absolute atomic E-state index is 0.0702. The highest BCUT2D eigenvalue weighted by atomic mass is 16.6. The Labute approximate surface area is 136 Å². The average molecular weight is 311 g/mol. The highest BCUT2D eigenvalue weighted by Crippen LogP contribution is 2.34. The highest BCUT2D eigenvalue weighted by Gasteiger charge is 2.21. The summed E-state index contributed by atoms with van der Waals surface area (Å²) in [6, 6.07) is 15.0. The third kappa shape index (κ3) is 3.47. The number of carbonyl (C=O) groups is 1. The molecule has 0 aliphatic carbocycles. The molecular weight excluding hydrogens is 290 g/mol. The van der Waals surface area contributed by atoms with Crippen molar-refractivity contribution in [3.05, 3.63) is 59.7 Å². The van der Waals surface area contributed by atoms with Crippen LogP contribution in [0, 0.1) is 5.92 Å². The number of fused-ring (bicyclic) bond motifs is 1. The van der Waals surface area contributed by atoms with Crippen LogP contribution in [0.2, 0.25) is 0 Å². The van der Waals surface area contributed by atoms with Crippen molar-refractivity contribution in [1.82, 2.24) is 5.32 Å². The van der Waals surface area contributed by atoms with Gasteiger partial charge in [0.15, 0.2) is 11.5 Å². The van der Waals surface area contributed by atoms with Crippen LogP contribution in [0.1, 0.15) is 35.8 Å². The first kappa shape index (κ1) is 15.4. The summed E-state index contributed by atoms with van der Waals surface area (Å²) in [5, 5.41) is 3.12. The molecule has 1 aliphatic heterocycles. The molecule has 4 heteroatoms. The van der Waals surface area contributed by atoms with Gasteiger partial charge in [0.05, 0.1) is 6.04 Å². The van der Waals surface area contributed by atoms with Gasteiger partial charge in [0.2, 0.25) is 0 Å². The second kappa shape index (κ2) is 6.73. The van der Waals surface area contributed by atoms with E-state index in [0.717, 1.165) is 17.1 Å². The topological polar surface area (TPSA) is 47.6 Å². The Morgan fingerprint density at radius 3 is 2.39 bits per heavy atom. The van der Waals surface area contributed by atoms with E-state index in [2.05, 4.69) is 19.2 Å². The van der Waals surface area contributed by atoms with Crippen LogP contribution in [0.4, 0.5) is 0 Å². The van der Waals surface area contributed by atoms with Crippen LogP contribution >= 0.6 is 0 Å². The van der Waals surface area contributed by atoms with E-state index in [0.29, 0.717) is 18.8 Å². The normalized spacial score (nSPS) is 14.4. The van der Waals surface area contributed by atoms with Gasteiger partial charge in [-0.15, -0.1) is 0 Å². The van der Waals surface area contributed by atoms with E-state index < -0.39 is 0 Å². The fourth-order valence-electron chi connectivity index (χ4n) is 2.70. The Hall–Kier alpha value is -2.49. The summed E-state index contributed by atoms with van der Waals surface area (Å²) in [6.07, 6.45) is 0. The zero-order chi connectivity index (χ0) is 16.2. The third-order valence-corrected chi connectivity index (χ3v) is 3.91. The van der Waals surface area contributed by atoms with Crippen LogP contribution in [0.5, 0.6) is 11.5 Å². The van der Waals surface area contributed by atoms with E-state index in [9.17, 15) is 4.79 Å². The molecule has 1 amide bonds. The van der Waals surface area contributed by atoms with Gasteiger partial charge in [0, 0.05) is 5.56 Å². The SMILES string of the molecule is CC(C)[C@H](NC(=O)c1ccccc1)c1ccc2c(c1)OCCO2. The third-order valence-electron chi connectivity index (χ3n) is 3.91. The number of rotatable bonds is 4. The molecule has 0 aromatic heterocycles. The first-order valence-electron chi connectivity index (χ1n) is 7.90. The maximum Gasteiger partial charge on any atom is 0.251 e. The van der Waals surface area contributed by atoms with Gasteiger partial charge in [-0.05, 0) is 35.7 Å².